The third kappa shape index (κ3) is 7.12. The van der Waals surface area contributed by atoms with Crippen molar-refractivity contribution in [2.75, 3.05) is 6.61 Å². The van der Waals surface area contributed by atoms with E-state index in [1.807, 2.05) is 0 Å². The highest BCUT2D eigenvalue weighted by Gasteiger charge is 2.64. The molecule has 0 saturated heterocycles. The maximum Gasteiger partial charge on any atom is 0.395 e. The van der Waals surface area contributed by atoms with Crippen molar-refractivity contribution >= 4 is 29.4 Å². The molecule has 11 nitrogen and oxygen atoms in total. The molecule has 2 aliphatic rings. The lowest BCUT2D eigenvalue weighted by atomic mass is 9.81. The maximum atomic E-state index is 16.2. The zero-order valence-electron chi connectivity index (χ0n) is 28.4. The van der Waals surface area contributed by atoms with Crippen LogP contribution >= 0.6 is 11.6 Å². The zero-order valence-corrected chi connectivity index (χ0v) is 29.1. The van der Waals surface area contributed by atoms with Gasteiger partial charge in [-0.2, -0.15) is 32.1 Å². The Hall–Kier alpha value is -5.07. The van der Waals surface area contributed by atoms with Crippen LogP contribution in [-0.2, 0) is 19.9 Å². The summed E-state index contributed by atoms with van der Waals surface area (Å²) in [7, 11) is 0. The van der Waals surface area contributed by atoms with E-state index in [0.717, 1.165) is 34.4 Å². The van der Waals surface area contributed by atoms with E-state index < -0.39 is 78.7 Å². The molecule has 2 N–H and O–H groups in total. The fraction of sp³-hybridized carbons (Fsp3) is 0.412. The van der Waals surface area contributed by atoms with Crippen LogP contribution in [-0.4, -0.2) is 60.1 Å². The predicted octanol–water partition coefficient (Wildman–Crippen LogP) is 7.67. The fourth-order valence-corrected chi connectivity index (χ4v) is 6.75. The van der Waals surface area contributed by atoms with E-state index in [4.69, 9.17) is 22.1 Å². The molecule has 2 aromatic carbocycles. The third-order valence-electron chi connectivity index (χ3n) is 9.38. The maximum absolute atomic E-state index is 16.2. The Morgan fingerprint density at radius 3 is 2.37 bits per heavy atom. The quantitative estimate of drug-likeness (QED) is 0.109. The van der Waals surface area contributed by atoms with Gasteiger partial charge in [0.25, 0.3) is 12.3 Å². The van der Waals surface area contributed by atoms with Gasteiger partial charge in [-0.1, -0.05) is 43.6 Å². The van der Waals surface area contributed by atoms with Gasteiger partial charge in [0, 0.05) is 17.3 Å². The van der Waals surface area contributed by atoms with Crippen LogP contribution in [0.4, 0.5) is 35.1 Å². The van der Waals surface area contributed by atoms with Crippen LogP contribution in [0.15, 0.2) is 60.1 Å². The van der Waals surface area contributed by atoms with E-state index >= 15 is 4.39 Å². The van der Waals surface area contributed by atoms with Crippen LogP contribution in [0.5, 0.6) is 0 Å². The first-order valence-electron chi connectivity index (χ1n) is 16.4. The highest BCUT2D eigenvalue weighted by molar-refractivity contribution is 6.32. The molecule has 0 unspecified atom stereocenters. The van der Waals surface area contributed by atoms with E-state index in [1.54, 1.807) is 13.8 Å². The van der Waals surface area contributed by atoms with Gasteiger partial charge in [0.15, 0.2) is 17.3 Å². The number of aromatic nitrogens is 5. The van der Waals surface area contributed by atoms with Gasteiger partial charge in [-0.05, 0) is 54.5 Å². The largest absolute Gasteiger partial charge is 0.463 e. The number of halogens is 9. The first kappa shape index (κ1) is 38.6. The summed E-state index contributed by atoms with van der Waals surface area (Å²) >= 11 is 6.37. The third-order valence-corrected chi connectivity index (χ3v) is 9.70. The number of aliphatic imine (C=N–C) groups is 1. The Kier molecular flexibility index (Phi) is 10.2. The number of amides is 1. The predicted molar refractivity (Wildman–Crippen MR) is 176 cm³/mol. The number of nitrogens with zero attached hydrogens (tertiary/aromatic N) is 7. The second kappa shape index (κ2) is 14.3. The van der Waals surface area contributed by atoms with Crippen molar-refractivity contribution in [1.29, 1.82) is 0 Å². The minimum atomic E-state index is -4.67. The first-order chi connectivity index (χ1) is 25.4. The number of alkyl halides is 7. The van der Waals surface area contributed by atoms with Gasteiger partial charge in [-0.15, -0.1) is 0 Å². The molecule has 1 aliphatic carbocycles. The molecular formula is C34H31ClF8N8O3. The summed E-state index contributed by atoms with van der Waals surface area (Å²) in [5.74, 6) is -4.69. The van der Waals surface area contributed by atoms with Gasteiger partial charge in [0.2, 0.25) is 0 Å². The molecule has 6 rings (SSSR count). The van der Waals surface area contributed by atoms with E-state index in [0.29, 0.717) is 4.68 Å². The SMILES string of the molecule is CC(C)C[C@]1(c2ccc(-c3cnn(C(F)F)c3)cc2F)N=C(N)N([C@H](COC(=O)CC2(C(F)(F)F)CC2)c2ccc(Cl)c(-n3ncnc3C(F)F)c2)C1=O. The lowest BCUT2D eigenvalue weighted by Gasteiger charge is -2.32. The normalized spacial score (nSPS) is 18.9. The Morgan fingerprint density at radius 2 is 1.78 bits per heavy atom. The standard InChI is InChI=1S/C34H31ClF8N8O3/c1-17(2)11-33(21-5-3-18(9-23(21)36)20-13-46-49(14-20)30(39)40)29(53)50(31(44)48-33)25(15-54-26(52)12-32(7-8-32)34(41,42)43)19-4-6-22(35)24(10-19)51-28(27(37)38)45-16-47-51/h3-6,9-10,13-14,16-17,25,27,30H,7-8,11-12,15H2,1-2H3,(H2,44,48)/t25-,33-/m1/s1. The number of ether oxygens (including phenoxy) is 1. The molecule has 4 aromatic rings. The highest BCUT2D eigenvalue weighted by Crippen LogP contribution is 2.60. The number of guanidine groups is 1. The molecule has 1 fully saturated rings. The van der Waals surface area contributed by atoms with Crippen LogP contribution in [0.1, 0.15) is 75.5 Å². The van der Waals surface area contributed by atoms with Crippen molar-refractivity contribution in [3.8, 4) is 16.8 Å². The molecule has 288 valence electrons. The second-order valence-corrected chi connectivity index (χ2v) is 13.9. The lowest BCUT2D eigenvalue weighted by Crippen LogP contribution is -2.47. The summed E-state index contributed by atoms with van der Waals surface area (Å²) in [6.45, 7) is -0.275. The lowest BCUT2D eigenvalue weighted by molar-refractivity contribution is -0.195. The van der Waals surface area contributed by atoms with E-state index in [2.05, 4.69) is 20.2 Å². The number of benzene rings is 2. The molecule has 1 aliphatic heterocycles. The van der Waals surface area contributed by atoms with Crippen molar-refractivity contribution in [3.63, 3.8) is 0 Å². The van der Waals surface area contributed by atoms with Crippen LogP contribution in [0.2, 0.25) is 5.02 Å². The summed E-state index contributed by atoms with van der Waals surface area (Å²) in [6.07, 6.45) is -6.44. The van der Waals surface area contributed by atoms with Crippen molar-refractivity contribution in [2.45, 2.75) is 70.3 Å². The second-order valence-electron chi connectivity index (χ2n) is 13.5. The number of nitrogens with two attached hydrogens (primary N) is 1. The number of hydrogen-bond donors (Lipinski definition) is 1. The highest BCUT2D eigenvalue weighted by atomic mass is 35.5. The van der Waals surface area contributed by atoms with Crippen molar-refractivity contribution in [1.82, 2.24) is 29.4 Å². The average molecular weight is 787 g/mol. The van der Waals surface area contributed by atoms with Crippen LogP contribution in [0, 0.1) is 17.2 Å². The molecule has 0 radical (unpaired) electrons. The van der Waals surface area contributed by atoms with Crippen molar-refractivity contribution in [3.05, 3.63) is 82.9 Å². The summed E-state index contributed by atoms with van der Waals surface area (Å²) < 4.78 is 118. The Balaban J connectivity index is 1.41. The minimum Gasteiger partial charge on any atom is -0.463 e. The Labute approximate surface area is 306 Å². The Bertz CT molecular complexity index is 2100. The summed E-state index contributed by atoms with van der Waals surface area (Å²) in [5.41, 5.74) is 2.11. The van der Waals surface area contributed by atoms with Gasteiger partial charge in [0.1, 0.15) is 18.8 Å². The van der Waals surface area contributed by atoms with Crippen LogP contribution in [0.25, 0.3) is 16.8 Å². The van der Waals surface area contributed by atoms with E-state index in [9.17, 15) is 40.3 Å². The van der Waals surface area contributed by atoms with Crippen molar-refractivity contribution < 1.29 is 49.4 Å². The number of rotatable bonds is 13. The number of esters is 1. The number of hydrogen-bond acceptors (Lipinski definition) is 8. The molecule has 20 heteroatoms. The molecular weight excluding hydrogens is 756 g/mol. The first-order valence-corrected chi connectivity index (χ1v) is 16.8. The van der Waals surface area contributed by atoms with Crippen molar-refractivity contribution in [2.24, 2.45) is 22.1 Å². The van der Waals surface area contributed by atoms with Gasteiger partial charge in [0.05, 0.1) is 34.8 Å². The van der Waals surface area contributed by atoms with Gasteiger partial charge >= 0.3 is 18.7 Å². The molecule has 1 amide bonds. The molecule has 2 atom stereocenters. The summed E-state index contributed by atoms with van der Waals surface area (Å²) in [6, 6.07) is 6.04. The summed E-state index contributed by atoms with van der Waals surface area (Å²) in [4.78, 5) is 36.6. The number of carbonyl (C=O) groups excluding carboxylic acids is 2. The van der Waals surface area contributed by atoms with Crippen LogP contribution in [0.3, 0.4) is 0 Å². The van der Waals surface area contributed by atoms with E-state index in [1.165, 1.54) is 30.3 Å². The van der Waals surface area contributed by atoms with Gasteiger partial charge < -0.3 is 10.5 Å². The smallest absolute Gasteiger partial charge is 0.395 e. The summed E-state index contributed by atoms with van der Waals surface area (Å²) in [5, 5.41) is 7.29. The fourth-order valence-electron chi connectivity index (χ4n) is 6.55. The molecule has 0 bridgehead atoms. The zero-order chi connectivity index (χ0) is 39.3. The minimum absolute atomic E-state index is 0.0496. The number of carbonyl (C=O) groups is 2. The van der Waals surface area contributed by atoms with Gasteiger partial charge in [-0.25, -0.2) is 32.5 Å². The monoisotopic (exact) mass is 786 g/mol. The Morgan fingerprint density at radius 1 is 1.06 bits per heavy atom. The topological polar surface area (TPSA) is 134 Å². The average Bonchev–Trinajstić information content (AvgIpc) is 3.40. The molecule has 2 aromatic heterocycles. The van der Waals surface area contributed by atoms with Gasteiger partial charge in [-0.3, -0.25) is 14.5 Å². The molecule has 54 heavy (non-hydrogen) atoms. The molecule has 3 heterocycles. The molecule has 0 spiro atoms. The van der Waals surface area contributed by atoms with E-state index in [-0.39, 0.29) is 58.1 Å². The van der Waals surface area contributed by atoms with Crippen LogP contribution < -0.4 is 5.73 Å². The molecule has 1 saturated carbocycles.